The second-order valence-corrected chi connectivity index (χ2v) is 6.66. The topological polar surface area (TPSA) is 50.1 Å². The molecule has 1 aromatic carbocycles. The first-order valence-electron chi connectivity index (χ1n) is 7.77. The standard InChI is InChI=1S/C16H22BrN3O/c17-12-5-6-15-14(10-12)19-16(20(15)8-3-9-21)11-13-4-1-2-7-18-13/h5-6,10,13,18,21H,1-4,7-9,11H2. The zero-order valence-corrected chi connectivity index (χ0v) is 13.8. The average Bonchev–Trinajstić information content (AvgIpc) is 2.82. The molecule has 1 atom stereocenters. The van der Waals surface area contributed by atoms with Gasteiger partial charge in [-0.25, -0.2) is 4.98 Å². The van der Waals surface area contributed by atoms with E-state index in [1.54, 1.807) is 0 Å². The summed E-state index contributed by atoms with van der Waals surface area (Å²) in [6.07, 6.45) is 5.56. The molecule has 1 aliphatic heterocycles. The summed E-state index contributed by atoms with van der Waals surface area (Å²) >= 11 is 3.52. The normalized spacial score (nSPS) is 19.2. The molecule has 0 saturated carbocycles. The predicted octanol–water partition coefficient (Wildman–Crippen LogP) is 2.87. The summed E-state index contributed by atoms with van der Waals surface area (Å²) in [5.41, 5.74) is 2.20. The summed E-state index contributed by atoms with van der Waals surface area (Å²) in [4.78, 5) is 4.83. The second-order valence-electron chi connectivity index (χ2n) is 5.74. The average molecular weight is 352 g/mol. The number of hydrogen-bond acceptors (Lipinski definition) is 3. The number of aryl methyl sites for hydroxylation is 1. The van der Waals surface area contributed by atoms with Gasteiger partial charge >= 0.3 is 0 Å². The Hall–Kier alpha value is -0.910. The largest absolute Gasteiger partial charge is 0.396 e. The van der Waals surface area contributed by atoms with Crippen molar-refractivity contribution in [1.82, 2.24) is 14.9 Å². The lowest BCUT2D eigenvalue weighted by Crippen LogP contribution is -2.36. The molecule has 0 bridgehead atoms. The van der Waals surface area contributed by atoms with Crippen molar-refractivity contribution < 1.29 is 5.11 Å². The van der Waals surface area contributed by atoms with Gasteiger partial charge in [-0.05, 0) is 44.0 Å². The van der Waals surface area contributed by atoms with Crippen LogP contribution in [0.15, 0.2) is 22.7 Å². The number of aromatic nitrogens is 2. The first-order chi connectivity index (χ1) is 10.3. The third-order valence-corrected chi connectivity index (χ3v) is 4.66. The predicted molar refractivity (Wildman–Crippen MR) is 88.5 cm³/mol. The van der Waals surface area contributed by atoms with Gasteiger partial charge in [0.2, 0.25) is 0 Å². The van der Waals surface area contributed by atoms with Crippen LogP contribution in [0.4, 0.5) is 0 Å². The Morgan fingerprint density at radius 3 is 3.05 bits per heavy atom. The van der Waals surface area contributed by atoms with Crippen LogP contribution >= 0.6 is 15.9 Å². The number of imidazole rings is 1. The van der Waals surface area contributed by atoms with Crippen molar-refractivity contribution in [1.29, 1.82) is 0 Å². The van der Waals surface area contributed by atoms with Crippen molar-refractivity contribution in [3.63, 3.8) is 0 Å². The van der Waals surface area contributed by atoms with Gasteiger partial charge in [0.1, 0.15) is 5.82 Å². The number of nitrogens with one attached hydrogen (secondary N) is 1. The summed E-state index contributed by atoms with van der Waals surface area (Å²) < 4.78 is 3.33. The third-order valence-electron chi connectivity index (χ3n) is 4.17. The minimum absolute atomic E-state index is 0.220. The summed E-state index contributed by atoms with van der Waals surface area (Å²) in [5.74, 6) is 1.14. The Labute approximate surface area is 133 Å². The maximum Gasteiger partial charge on any atom is 0.111 e. The molecule has 2 aromatic rings. The van der Waals surface area contributed by atoms with Crippen LogP contribution < -0.4 is 5.32 Å². The minimum Gasteiger partial charge on any atom is -0.396 e. The van der Waals surface area contributed by atoms with Crippen LogP contribution in [0.3, 0.4) is 0 Å². The zero-order valence-electron chi connectivity index (χ0n) is 12.2. The Morgan fingerprint density at radius 1 is 1.38 bits per heavy atom. The summed E-state index contributed by atoms with van der Waals surface area (Å²) in [6, 6.07) is 6.78. The molecule has 114 valence electrons. The van der Waals surface area contributed by atoms with Gasteiger partial charge in [0.05, 0.1) is 11.0 Å². The van der Waals surface area contributed by atoms with Gasteiger partial charge in [-0.1, -0.05) is 22.4 Å². The highest BCUT2D eigenvalue weighted by Crippen LogP contribution is 2.23. The molecular formula is C16H22BrN3O. The Kier molecular flexibility index (Phi) is 4.93. The van der Waals surface area contributed by atoms with E-state index in [1.165, 1.54) is 19.3 Å². The van der Waals surface area contributed by atoms with E-state index in [1.807, 2.05) is 0 Å². The monoisotopic (exact) mass is 351 g/mol. The number of hydrogen-bond donors (Lipinski definition) is 2. The zero-order chi connectivity index (χ0) is 14.7. The van der Waals surface area contributed by atoms with E-state index in [0.717, 1.165) is 47.3 Å². The fraction of sp³-hybridized carbons (Fsp3) is 0.562. The molecule has 0 aliphatic carbocycles. The molecule has 5 heteroatoms. The molecule has 1 aromatic heterocycles. The van der Waals surface area contributed by atoms with Crippen molar-refractivity contribution in [3.05, 3.63) is 28.5 Å². The molecule has 1 unspecified atom stereocenters. The van der Waals surface area contributed by atoms with E-state index in [4.69, 9.17) is 10.1 Å². The van der Waals surface area contributed by atoms with Crippen molar-refractivity contribution in [2.75, 3.05) is 13.2 Å². The second kappa shape index (κ2) is 6.90. The van der Waals surface area contributed by atoms with Crippen molar-refractivity contribution in [2.45, 2.75) is 44.7 Å². The van der Waals surface area contributed by atoms with E-state index in [9.17, 15) is 0 Å². The molecule has 2 heterocycles. The maximum absolute atomic E-state index is 9.14. The molecule has 4 nitrogen and oxygen atoms in total. The highest BCUT2D eigenvalue weighted by molar-refractivity contribution is 9.10. The molecular weight excluding hydrogens is 330 g/mol. The Morgan fingerprint density at radius 2 is 2.29 bits per heavy atom. The highest BCUT2D eigenvalue weighted by atomic mass is 79.9. The number of fused-ring (bicyclic) bond motifs is 1. The SMILES string of the molecule is OCCCn1c(CC2CCCCN2)nc2cc(Br)ccc21. The van der Waals surface area contributed by atoms with Crippen LogP contribution in [-0.2, 0) is 13.0 Å². The molecule has 1 aliphatic rings. The number of halogens is 1. The molecule has 0 spiro atoms. The number of rotatable bonds is 5. The van der Waals surface area contributed by atoms with Gasteiger partial charge in [-0.2, -0.15) is 0 Å². The molecule has 0 amide bonds. The van der Waals surface area contributed by atoms with Gasteiger partial charge in [-0.15, -0.1) is 0 Å². The molecule has 0 radical (unpaired) electrons. The van der Waals surface area contributed by atoms with E-state index in [0.29, 0.717) is 6.04 Å². The van der Waals surface area contributed by atoms with Crippen LogP contribution in [0.25, 0.3) is 11.0 Å². The lowest BCUT2D eigenvalue weighted by molar-refractivity contribution is 0.279. The number of aliphatic hydroxyl groups excluding tert-OH is 1. The number of nitrogens with zero attached hydrogens (tertiary/aromatic N) is 2. The van der Waals surface area contributed by atoms with Crippen LogP contribution in [-0.4, -0.2) is 33.9 Å². The molecule has 3 rings (SSSR count). The first kappa shape index (κ1) is 15.0. The highest BCUT2D eigenvalue weighted by Gasteiger charge is 2.18. The Bertz CT molecular complexity index is 605. The molecule has 21 heavy (non-hydrogen) atoms. The summed E-state index contributed by atoms with van der Waals surface area (Å²) in [5, 5.41) is 12.7. The van der Waals surface area contributed by atoms with E-state index >= 15 is 0 Å². The number of benzene rings is 1. The van der Waals surface area contributed by atoms with E-state index in [-0.39, 0.29) is 6.61 Å². The van der Waals surface area contributed by atoms with Crippen LogP contribution in [0.1, 0.15) is 31.5 Å². The van der Waals surface area contributed by atoms with Crippen molar-refractivity contribution in [2.24, 2.45) is 0 Å². The van der Waals surface area contributed by atoms with Gasteiger partial charge in [-0.3, -0.25) is 0 Å². The van der Waals surface area contributed by atoms with E-state index < -0.39 is 0 Å². The smallest absolute Gasteiger partial charge is 0.111 e. The summed E-state index contributed by atoms with van der Waals surface area (Å²) in [7, 11) is 0. The molecule has 1 fully saturated rings. The minimum atomic E-state index is 0.220. The molecule has 2 N–H and O–H groups in total. The van der Waals surface area contributed by atoms with Gasteiger partial charge in [0.15, 0.2) is 0 Å². The lowest BCUT2D eigenvalue weighted by atomic mass is 10.0. The lowest BCUT2D eigenvalue weighted by Gasteiger charge is -2.23. The van der Waals surface area contributed by atoms with Crippen LogP contribution in [0.5, 0.6) is 0 Å². The number of piperidine rings is 1. The van der Waals surface area contributed by atoms with Crippen LogP contribution in [0.2, 0.25) is 0 Å². The van der Waals surface area contributed by atoms with Gasteiger partial charge in [0, 0.05) is 30.1 Å². The van der Waals surface area contributed by atoms with Crippen molar-refractivity contribution >= 4 is 27.0 Å². The van der Waals surface area contributed by atoms with E-state index in [2.05, 4.69) is 44.0 Å². The van der Waals surface area contributed by atoms with Crippen molar-refractivity contribution in [3.8, 4) is 0 Å². The quantitative estimate of drug-likeness (QED) is 0.870. The number of aliphatic hydroxyl groups is 1. The fourth-order valence-electron chi connectivity index (χ4n) is 3.11. The maximum atomic E-state index is 9.14. The third kappa shape index (κ3) is 3.47. The van der Waals surface area contributed by atoms with Gasteiger partial charge < -0.3 is 15.0 Å². The van der Waals surface area contributed by atoms with Crippen LogP contribution in [0, 0.1) is 0 Å². The summed E-state index contributed by atoms with van der Waals surface area (Å²) in [6.45, 7) is 2.17. The first-order valence-corrected chi connectivity index (χ1v) is 8.56. The fourth-order valence-corrected chi connectivity index (χ4v) is 3.45. The van der Waals surface area contributed by atoms with Gasteiger partial charge in [0.25, 0.3) is 0 Å². The Balaban J connectivity index is 1.90. The molecule has 1 saturated heterocycles.